The van der Waals surface area contributed by atoms with Gasteiger partial charge in [0, 0.05) is 5.69 Å². The monoisotopic (exact) mass is 269 g/mol. The minimum absolute atomic E-state index is 0.158. The van der Waals surface area contributed by atoms with Crippen LogP contribution in [0.1, 0.15) is 42.5 Å². The molecule has 0 radical (unpaired) electrons. The van der Waals surface area contributed by atoms with Crippen LogP contribution >= 0.6 is 0 Å². The first kappa shape index (κ1) is 13.2. The van der Waals surface area contributed by atoms with Gasteiger partial charge in [-0.05, 0) is 66.6 Å². The Balaban J connectivity index is 1.81. The summed E-state index contributed by atoms with van der Waals surface area (Å²) in [6.07, 6.45) is 4.58. The van der Waals surface area contributed by atoms with Crippen LogP contribution in [0.5, 0.6) is 0 Å². The van der Waals surface area contributed by atoms with Crippen LogP contribution in [0.2, 0.25) is 0 Å². The van der Waals surface area contributed by atoms with Crippen molar-refractivity contribution in [2.45, 2.75) is 38.6 Å². The van der Waals surface area contributed by atoms with Gasteiger partial charge in [-0.15, -0.1) is 0 Å². The zero-order valence-corrected chi connectivity index (χ0v) is 11.8. The maximum absolute atomic E-state index is 13.4. The van der Waals surface area contributed by atoms with Crippen LogP contribution in [0.25, 0.3) is 0 Å². The molecule has 104 valence electrons. The highest BCUT2D eigenvalue weighted by molar-refractivity contribution is 5.51. The molecule has 0 bridgehead atoms. The molecular weight excluding hydrogens is 249 g/mol. The number of halogens is 1. The van der Waals surface area contributed by atoms with Crippen LogP contribution in [-0.4, -0.2) is 0 Å². The van der Waals surface area contributed by atoms with E-state index in [9.17, 15) is 4.39 Å². The number of nitrogens with one attached hydrogen (secondary N) is 1. The van der Waals surface area contributed by atoms with Crippen molar-refractivity contribution in [1.82, 2.24) is 0 Å². The standard InChI is InChI=1S/C18H20FN/c1-2-18(15-7-4-8-16(19)11-15)20-17-10-9-13-5-3-6-14(13)12-17/h4,7-12,18,20H,2-3,5-6H2,1H3. The van der Waals surface area contributed by atoms with Gasteiger partial charge in [-0.3, -0.25) is 0 Å². The Morgan fingerprint density at radius 3 is 2.75 bits per heavy atom. The zero-order chi connectivity index (χ0) is 13.9. The number of benzene rings is 2. The molecule has 2 heteroatoms. The second kappa shape index (κ2) is 5.66. The third kappa shape index (κ3) is 2.69. The number of anilines is 1. The van der Waals surface area contributed by atoms with Gasteiger partial charge >= 0.3 is 0 Å². The smallest absolute Gasteiger partial charge is 0.123 e. The first-order chi connectivity index (χ1) is 9.76. The summed E-state index contributed by atoms with van der Waals surface area (Å²) < 4.78 is 13.4. The highest BCUT2D eigenvalue weighted by atomic mass is 19.1. The van der Waals surface area contributed by atoms with Gasteiger partial charge in [0.15, 0.2) is 0 Å². The van der Waals surface area contributed by atoms with Crippen molar-refractivity contribution < 1.29 is 4.39 Å². The quantitative estimate of drug-likeness (QED) is 0.834. The molecule has 1 aliphatic rings. The molecule has 20 heavy (non-hydrogen) atoms. The van der Waals surface area contributed by atoms with Crippen LogP contribution in [0, 0.1) is 5.82 Å². The maximum Gasteiger partial charge on any atom is 0.123 e. The van der Waals surface area contributed by atoms with Crippen molar-refractivity contribution in [3.8, 4) is 0 Å². The van der Waals surface area contributed by atoms with Gasteiger partial charge in [0.2, 0.25) is 0 Å². The van der Waals surface area contributed by atoms with E-state index in [4.69, 9.17) is 0 Å². The molecule has 0 aromatic heterocycles. The molecule has 0 fully saturated rings. The highest BCUT2D eigenvalue weighted by Gasteiger charge is 2.13. The van der Waals surface area contributed by atoms with E-state index < -0.39 is 0 Å². The molecule has 1 N–H and O–H groups in total. The SMILES string of the molecule is CCC(Nc1ccc2c(c1)CCC2)c1cccc(F)c1. The molecule has 0 aliphatic heterocycles. The molecule has 1 unspecified atom stereocenters. The van der Waals surface area contributed by atoms with Gasteiger partial charge in [0.1, 0.15) is 5.82 Å². The largest absolute Gasteiger partial charge is 0.378 e. The van der Waals surface area contributed by atoms with Gasteiger partial charge < -0.3 is 5.32 Å². The molecule has 1 nitrogen and oxygen atoms in total. The molecule has 3 rings (SSSR count). The second-order valence-corrected chi connectivity index (χ2v) is 5.50. The molecule has 0 saturated heterocycles. The molecule has 0 saturated carbocycles. The fraction of sp³-hybridized carbons (Fsp3) is 0.333. The Morgan fingerprint density at radius 1 is 1.10 bits per heavy atom. The molecule has 0 heterocycles. The molecular formula is C18H20FN. The average Bonchev–Trinajstić information content (AvgIpc) is 2.92. The van der Waals surface area contributed by atoms with Crippen molar-refractivity contribution >= 4 is 5.69 Å². The predicted octanol–water partition coefficient (Wildman–Crippen LogP) is 4.88. The summed E-state index contributed by atoms with van der Waals surface area (Å²) in [4.78, 5) is 0. The summed E-state index contributed by atoms with van der Waals surface area (Å²) in [6, 6.07) is 13.7. The lowest BCUT2D eigenvalue weighted by Gasteiger charge is -2.19. The van der Waals surface area contributed by atoms with Gasteiger partial charge in [-0.1, -0.05) is 25.1 Å². The van der Waals surface area contributed by atoms with E-state index in [0.717, 1.165) is 17.7 Å². The number of rotatable bonds is 4. The average molecular weight is 269 g/mol. The lowest BCUT2D eigenvalue weighted by Crippen LogP contribution is -2.10. The van der Waals surface area contributed by atoms with Crippen LogP contribution in [0.15, 0.2) is 42.5 Å². The van der Waals surface area contributed by atoms with Crippen molar-refractivity contribution in [3.05, 3.63) is 65.0 Å². The van der Waals surface area contributed by atoms with Crippen molar-refractivity contribution in [2.75, 3.05) is 5.32 Å². The number of hydrogen-bond acceptors (Lipinski definition) is 1. The van der Waals surface area contributed by atoms with Crippen molar-refractivity contribution in [2.24, 2.45) is 0 Å². The summed E-state index contributed by atoms with van der Waals surface area (Å²) in [5, 5.41) is 3.54. The van der Waals surface area contributed by atoms with E-state index in [1.165, 1.54) is 36.5 Å². The molecule has 2 aromatic carbocycles. The molecule has 1 atom stereocenters. The molecule has 0 spiro atoms. The van der Waals surface area contributed by atoms with E-state index in [1.807, 2.05) is 6.07 Å². The van der Waals surface area contributed by atoms with Gasteiger partial charge in [0.25, 0.3) is 0 Å². The fourth-order valence-electron chi connectivity index (χ4n) is 3.01. The summed E-state index contributed by atoms with van der Waals surface area (Å²) in [6.45, 7) is 2.12. The molecule has 1 aliphatic carbocycles. The summed E-state index contributed by atoms with van der Waals surface area (Å²) in [7, 11) is 0. The van der Waals surface area contributed by atoms with E-state index in [0.29, 0.717) is 0 Å². The van der Waals surface area contributed by atoms with Crippen molar-refractivity contribution in [1.29, 1.82) is 0 Å². The Hall–Kier alpha value is -1.83. The Kier molecular flexibility index (Phi) is 3.72. The zero-order valence-electron chi connectivity index (χ0n) is 11.8. The van der Waals surface area contributed by atoms with Gasteiger partial charge in [0.05, 0.1) is 6.04 Å². The van der Waals surface area contributed by atoms with Gasteiger partial charge in [-0.25, -0.2) is 4.39 Å². The minimum atomic E-state index is -0.170. The Labute approximate surface area is 119 Å². The third-order valence-electron chi connectivity index (χ3n) is 4.10. The van der Waals surface area contributed by atoms with Crippen molar-refractivity contribution in [3.63, 3.8) is 0 Å². The van der Waals surface area contributed by atoms with E-state index >= 15 is 0 Å². The number of fused-ring (bicyclic) bond motifs is 1. The highest BCUT2D eigenvalue weighted by Crippen LogP contribution is 2.28. The predicted molar refractivity (Wildman–Crippen MR) is 81.5 cm³/mol. The summed E-state index contributed by atoms with van der Waals surface area (Å²) in [5.74, 6) is -0.170. The topological polar surface area (TPSA) is 12.0 Å². The van der Waals surface area contributed by atoms with Crippen LogP contribution < -0.4 is 5.32 Å². The minimum Gasteiger partial charge on any atom is -0.378 e. The maximum atomic E-state index is 13.4. The normalized spacial score (nSPS) is 14.9. The Bertz CT molecular complexity index is 606. The summed E-state index contributed by atoms with van der Waals surface area (Å²) >= 11 is 0. The lowest BCUT2D eigenvalue weighted by molar-refractivity contribution is 0.621. The van der Waals surface area contributed by atoms with Crippen LogP contribution in [0.4, 0.5) is 10.1 Å². The third-order valence-corrected chi connectivity index (χ3v) is 4.10. The Morgan fingerprint density at radius 2 is 1.95 bits per heavy atom. The van der Waals surface area contributed by atoms with E-state index in [2.05, 4.69) is 30.4 Å². The first-order valence-electron chi connectivity index (χ1n) is 7.40. The molecule has 2 aromatic rings. The van der Waals surface area contributed by atoms with E-state index in [-0.39, 0.29) is 11.9 Å². The van der Waals surface area contributed by atoms with Gasteiger partial charge in [-0.2, -0.15) is 0 Å². The van der Waals surface area contributed by atoms with E-state index in [1.54, 1.807) is 12.1 Å². The fourth-order valence-corrected chi connectivity index (χ4v) is 3.01. The van der Waals surface area contributed by atoms with Crippen LogP contribution in [-0.2, 0) is 12.8 Å². The molecule has 0 amide bonds. The first-order valence-corrected chi connectivity index (χ1v) is 7.40. The summed E-state index contributed by atoms with van der Waals surface area (Å²) in [5.41, 5.74) is 5.09. The van der Waals surface area contributed by atoms with Crippen LogP contribution in [0.3, 0.4) is 0 Å². The number of hydrogen-bond donors (Lipinski definition) is 1. The number of aryl methyl sites for hydroxylation is 2. The second-order valence-electron chi connectivity index (χ2n) is 5.50. The lowest BCUT2D eigenvalue weighted by atomic mass is 10.0.